The van der Waals surface area contributed by atoms with Crippen LogP contribution in [0.5, 0.6) is 0 Å². The van der Waals surface area contributed by atoms with E-state index in [1.807, 2.05) is 0 Å². The minimum atomic E-state index is -1.45. The molecular formula is C12H18FNO6. The van der Waals surface area contributed by atoms with Crippen molar-refractivity contribution in [1.29, 1.82) is 0 Å². The number of nitrogens with one attached hydrogen (secondary N) is 1. The van der Waals surface area contributed by atoms with Crippen molar-refractivity contribution in [3.63, 3.8) is 0 Å². The van der Waals surface area contributed by atoms with E-state index in [0.29, 0.717) is 0 Å². The SMILES string of the molecule is CC(=O)N[C@@H]1C[C@H](F)[C@@H](COC(C)=O)O[C@H]1OC(C)=O. The number of carbonyl (C=O) groups excluding carboxylic acids is 3. The summed E-state index contributed by atoms with van der Waals surface area (Å²) < 4.78 is 28.8. The standard InChI is InChI=1S/C12H18FNO6/c1-6(15)14-10-4-9(13)11(5-18-7(2)16)20-12(10)19-8(3)17/h9-12H,4-5H2,1-3H3,(H,14,15)/t9-,10+,11+,12+/m0/s1. The van der Waals surface area contributed by atoms with Crippen LogP contribution < -0.4 is 5.32 Å². The Morgan fingerprint density at radius 2 is 1.90 bits per heavy atom. The Balaban J connectivity index is 2.69. The summed E-state index contributed by atoms with van der Waals surface area (Å²) in [4.78, 5) is 32.8. The van der Waals surface area contributed by atoms with Crippen LogP contribution in [0.1, 0.15) is 27.2 Å². The molecule has 0 spiro atoms. The summed E-state index contributed by atoms with van der Waals surface area (Å²) in [6.07, 6.45) is -3.68. The highest BCUT2D eigenvalue weighted by atomic mass is 19.1. The molecule has 0 aliphatic carbocycles. The molecule has 0 aromatic rings. The third-order valence-corrected chi connectivity index (χ3v) is 2.64. The Kier molecular flexibility index (Phi) is 5.87. The number of rotatable bonds is 4. The number of esters is 2. The van der Waals surface area contributed by atoms with Crippen LogP contribution in [0.3, 0.4) is 0 Å². The predicted octanol–water partition coefficient (Wildman–Crippen LogP) is 0.0704. The van der Waals surface area contributed by atoms with Gasteiger partial charge < -0.3 is 19.5 Å². The fourth-order valence-corrected chi connectivity index (χ4v) is 1.86. The highest BCUT2D eigenvalue weighted by Gasteiger charge is 2.41. The van der Waals surface area contributed by atoms with Gasteiger partial charge in [0, 0.05) is 27.2 Å². The van der Waals surface area contributed by atoms with Gasteiger partial charge in [-0.1, -0.05) is 0 Å². The summed E-state index contributed by atoms with van der Waals surface area (Å²) in [7, 11) is 0. The van der Waals surface area contributed by atoms with Crippen molar-refractivity contribution in [2.75, 3.05) is 6.61 Å². The van der Waals surface area contributed by atoms with Crippen molar-refractivity contribution < 1.29 is 33.0 Å². The fraction of sp³-hybridized carbons (Fsp3) is 0.750. The van der Waals surface area contributed by atoms with Crippen molar-refractivity contribution in [2.45, 2.75) is 51.8 Å². The van der Waals surface area contributed by atoms with Gasteiger partial charge in [-0.15, -0.1) is 0 Å². The minimum Gasteiger partial charge on any atom is -0.463 e. The van der Waals surface area contributed by atoms with E-state index < -0.39 is 36.5 Å². The van der Waals surface area contributed by atoms with Crippen LogP contribution in [-0.4, -0.2) is 49.1 Å². The molecule has 1 aliphatic heterocycles. The zero-order valence-electron chi connectivity index (χ0n) is 11.6. The fourth-order valence-electron chi connectivity index (χ4n) is 1.86. The van der Waals surface area contributed by atoms with Crippen molar-refractivity contribution >= 4 is 17.8 Å². The van der Waals surface area contributed by atoms with E-state index in [9.17, 15) is 18.8 Å². The smallest absolute Gasteiger partial charge is 0.305 e. The molecule has 8 heteroatoms. The third kappa shape index (κ3) is 5.12. The van der Waals surface area contributed by atoms with E-state index in [2.05, 4.69) is 10.1 Å². The van der Waals surface area contributed by atoms with Crippen molar-refractivity contribution in [3.8, 4) is 0 Å². The molecule has 0 aromatic heterocycles. The summed E-state index contributed by atoms with van der Waals surface area (Å²) in [5.41, 5.74) is 0. The average Bonchev–Trinajstić information content (AvgIpc) is 2.29. The monoisotopic (exact) mass is 291 g/mol. The minimum absolute atomic E-state index is 0.0938. The van der Waals surface area contributed by atoms with Gasteiger partial charge in [0.15, 0.2) is 0 Å². The first-order valence-corrected chi connectivity index (χ1v) is 6.16. The Bertz CT molecular complexity index is 388. The van der Waals surface area contributed by atoms with E-state index in [-0.39, 0.29) is 18.9 Å². The molecule has 0 bridgehead atoms. The van der Waals surface area contributed by atoms with E-state index >= 15 is 0 Å². The maximum absolute atomic E-state index is 13.9. The van der Waals surface area contributed by atoms with Crippen LogP contribution in [0.2, 0.25) is 0 Å². The topological polar surface area (TPSA) is 90.9 Å². The highest BCUT2D eigenvalue weighted by molar-refractivity contribution is 5.73. The maximum Gasteiger partial charge on any atom is 0.305 e. The van der Waals surface area contributed by atoms with E-state index in [4.69, 9.17) is 9.47 Å². The second-order valence-corrected chi connectivity index (χ2v) is 4.51. The number of carbonyl (C=O) groups is 3. The Morgan fingerprint density at radius 3 is 2.40 bits per heavy atom. The van der Waals surface area contributed by atoms with Crippen molar-refractivity contribution in [1.82, 2.24) is 5.32 Å². The van der Waals surface area contributed by atoms with E-state index in [1.54, 1.807) is 0 Å². The molecule has 0 aromatic carbocycles. The van der Waals surface area contributed by atoms with Crippen molar-refractivity contribution in [2.24, 2.45) is 0 Å². The molecule has 1 fully saturated rings. The summed E-state index contributed by atoms with van der Waals surface area (Å²) in [6, 6.07) is -0.778. The summed E-state index contributed by atoms with van der Waals surface area (Å²) in [6.45, 7) is 3.36. The third-order valence-electron chi connectivity index (χ3n) is 2.64. The lowest BCUT2D eigenvalue weighted by Gasteiger charge is -2.37. The number of ether oxygens (including phenoxy) is 3. The van der Waals surface area contributed by atoms with Crippen LogP contribution in [-0.2, 0) is 28.6 Å². The summed E-state index contributed by atoms with van der Waals surface area (Å²) >= 11 is 0. The Morgan fingerprint density at radius 1 is 1.25 bits per heavy atom. The zero-order chi connectivity index (χ0) is 15.3. The average molecular weight is 291 g/mol. The van der Waals surface area contributed by atoms with E-state index in [1.165, 1.54) is 20.8 Å². The Labute approximate surface area is 115 Å². The van der Waals surface area contributed by atoms with Gasteiger partial charge in [0.2, 0.25) is 12.2 Å². The summed E-state index contributed by atoms with van der Waals surface area (Å²) in [5.74, 6) is -1.57. The highest BCUT2D eigenvalue weighted by Crippen LogP contribution is 2.24. The molecule has 1 rings (SSSR count). The molecule has 1 aliphatic rings. The molecule has 4 atom stereocenters. The van der Waals surface area contributed by atoms with Crippen molar-refractivity contribution in [3.05, 3.63) is 0 Å². The number of hydrogen-bond donors (Lipinski definition) is 1. The molecular weight excluding hydrogens is 273 g/mol. The quantitative estimate of drug-likeness (QED) is 0.737. The second kappa shape index (κ2) is 7.18. The van der Waals surface area contributed by atoms with Gasteiger partial charge in [0.05, 0.1) is 6.04 Å². The molecule has 1 heterocycles. The Hall–Kier alpha value is -1.70. The first-order valence-electron chi connectivity index (χ1n) is 6.16. The van der Waals surface area contributed by atoms with Crippen LogP contribution in [0.15, 0.2) is 0 Å². The van der Waals surface area contributed by atoms with Gasteiger partial charge in [-0.25, -0.2) is 4.39 Å². The molecule has 0 unspecified atom stereocenters. The first kappa shape index (κ1) is 16.4. The molecule has 20 heavy (non-hydrogen) atoms. The normalized spacial score (nSPS) is 29.4. The first-order chi connectivity index (χ1) is 9.29. The van der Waals surface area contributed by atoms with Gasteiger partial charge in [0.25, 0.3) is 0 Å². The number of amides is 1. The molecule has 0 radical (unpaired) electrons. The predicted molar refractivity (Wildman–Crippen MR) is 64.2 cm³/mol. The molecule has 1 amide bonds. The number of hydrogen-bond acceptors (Lipinski definition) is 6. The molecule has 0 saturated carbocycles. The lowest BCUT2D eigenvalue weighted by atomic mass is 10.0. The molecule has 1 N–H and O–H groups in total. The van der Waals surface area contributed by atoms with Gasteiger partial charge in [-0.05, 0) is 0 Å². The second-order valence-electron chi connectivity index (χ2n) is 4.51. The van der Waals surface area contributed by atoms with Crippen LogP contribution in [0.4, 0.5) is 4.39 Å². The van der Waals surface area contributed by atoms with Gasteiger partial charge in [-0.3, -0.25) is 14.4 Å². The lowest BCUT2D eigenvalue weighted by Crippen LogP contribution is -2.55. The maximum atomic E-state index is 13.9. The van der Waals surface area contributed by atoms with Crippen LogP contribution >= 0.6 is 0 Å². The van der Waals surface area contributed by atoms with Gasteiger partial charge in [0.1, 0.15) is 18.9 Å². The lowest BCUT2D eigenvalue weighted by molar-refractivity contribution is -0.230. The number of halogens is 1. The molecule has 1 saturated heterocycles. The van der Waals surface area contributed by atoms with Crippen LogP contribution in [0.25, 0.3) is 0 Å². The largest absolute Gasteiger partial charge is 0.463 e. The van der Waals surface area contributed by atoms with Crippen LogP contribution in [0, 0.1) is 0 Å². The molecule has 7 nitrogen and oxygen atoms in total. The number of alkyl halides is 1. The summed E-state index contributed by atoms with van der Waals surface area (Å²) in [5, 5.41) is 2.46. The van der Waals surface area contributed by atoms with Gasteiger partial charge >= 0.3 is 11.9 Å². The van der Waals surface area contributed by atoms with Gasteiger partial charge in [-0.2, -0.15) is 0 Å². The van der Waals surface area contributed by atoms with E-state index in [0.717, 1.165) is 0 Å². The molecule has 114 valence electrons. The zero-order valence-corrected chi connectivity index (χ0v) is 11.6.